The molecule has 2 unspecified atom stereocenters. The number of hydrogen-bond donors (Lipinski definition) is 6. The Kier molecular flexibility index (Phi) is 14.8. The van der Waals surface area contributed by atoms with Crippen LogP contribution < -0.4 is 37.6 Å². The Labute approximate surface area is 191 Å². The van der Waals surface area contributed by atoms with Gasteiger partial charge in [-0.2, -0.15) is 0 Å². The summed E-state index contributed by atoms with van der Waals surface area (Å²) in [5.74, 6) is -4.95. The number of hydrogen-bond acceptors (Lipinski definition) is 9. The van der Waals surface area contributed by atoms with E-state index in [2.05, 4.69) is 34.1 Å². The maximum atomic E-state index is 9.97. The second-order valence-corrected chi connectivity index (χ2v) is 7.19. The summed E-state index contributed by atoms with van der Waals surface area (Å²) in [6, 6.07) is 6.17. The molecule has 0 saturated carbocycles. The lowest BCUT2D eigenvalue weighted by Crippen LogP contribution is -2.89. The molecule has 1 aromatic carbocycles. The van der Waals surface area contributed by atoms with Crippen molar-refractivity contribution in [1.29, 1.82) is 0 Å². The highest BCUT2D eigenvalue weighted by Gasteiger charge is 2.15. The van der Waals surface area contributed by atoms with Crippen molar-refractivity contribution < 1.29 is 50.7 Å². The van der Waals surface area contributed by atoms with Crippen LogP contribution in [0.2, 0.25) is 0 Å². The van der Waals surface area contributed by atoms with Gasteiger partial charge in [0.25, 0.3) is 0 Å². The lowest BCUT2D eigenvalue weighted by atomic mass is 10.2. The van der Waals surface area contributed by atoms with Gasteiger partial charge in [0, 0.05) is 18.0 Å². The van der Waals surface area contributed by atoms with Crippen LogP contribution in [-0.4, -0.2) is 72.4 Å². The molecule has 2 atom stereocenters. The first-order chi connectivity index (χ1) is 15.5. The lowest BCUT2D eigenvalue weighted by Gasteiger charge is -2.27. The second kappa shape index (κ2) is 16.4. The summed E-state index contributed by atoms with van der Waals surface area (Å²) in [6.45, 7) is 4.70. The number of carboxylic acid groups (broad SMARTS) is 4. The first-order valence-corrected chi connectivity index (χ1v) is 10.3. The summed E-state index contributed by atoms with van der Waals surface area (Å²) in [6.07, 6.45) is -0.795. The van der Waals surface area contributed by atoms with Gasteiger partial charge in [-0.3, -0.25) is 9.59 Å². The van der Waals surface area contributed by atoms with Crippen molar-refractivity contribution in [3.63, 3.8) is 0 Å². The van der Waals surface area contributed by atoms with E-state index in [4.69, 9.17) is 21.7 Å². The minimum absolute atomic E-state index is 0.0856. The molecule has 2 rings (SSSR count). The number of benzene rings is 1. The van der Waals surface area contributed by atoms with E-state index in [1.807, 2.05) is 6.07 Å². The molecule has 33 heavy (non-hydrogen) atoms. The number of carbonyl (C=O) groups is 4. The molecule has 13 heteroatoms. The molecule has 1 aliphatic rings. The molecule has 0 radical (unpaired) electrons. The van der Waals surface area contributed by atoms with Crippen LogP contribution in [0.1, 0.15) is 25.7 Å². The van der Waals surface area contributed by atoms with Crippen molar-refractivity contribution in [2.45, 2.75) is 37.8 Å². The first-order valence-electron chi connectivity index (χ1n) is 10.3. The predicted octanol–water partition coefficient (Wildman–Crippen LogP) is -5.20. The number of rotatable bonds is 9. The SMILES string of the molecule is NC(CCC(=O)[O-])C(=O)O.NC(CCC(=O)[O-])C(=O)O.[NH3+]c1ccccc1N1CC[NH2+]CC1. The smallest absolute Gasteiger partial charge is 0.320 e. The van der Waals surface area contributed by atoms with E-state index in [-0.39, 0.29) is 25.7 Å². The van der Waals surface area contributed by atoms with Crippen LogP contribution in [0.15, 0.2) is 24.3 Å². The summed E-state index contributed by atoms with van der Waals surface area (Å²) in [7, 11) is 0. The largest absolute Gasteiger partial charge is 0.550 e. The molecule has 1 aromatic rings. The third kappa shape index (κ3) is 14.4. The summed E-state index contributed by atoms with van der Waals surface area (Å²) >= 11 is 0. The summed E-state index contributed by atoms with van der Waals surface area (Å²) in [5.41, 5.74) is 16.4. The molecular formula is C20H33N5O8. The van der Waals surface area contributed by atoms with Crippen LogP contribution in [-0.2, 0) is 19.2 Å². The van der Waals surface area contributed by atoms with E-state index in [1.54, 1.807) is 0 Å². The van der Waals surface area contributed by atoms with Gasteiger partial charge in [-0.1, -0.05) is 12.1 Å². The van der Waals surface area contributed by atoms with Gasteiger partial charge in [0.2, 0.25) is 0 Å². The van der Waals surface area contributed by atoms with Gasteiger partial charge < -0.3 is 57.4 Å². The normalized spacial score (nSPS) is 14.5. The second-order valence-electron chi connectivity index (χ2n) is 7.19. The van der Waals surface area contributed by atoms with Crippen molar-refractivity contribution >= 4 is 35.3 Å². The van der Waals surface area contributed by atoms with Gasteiger partial charge in [0.05, 0.1) is 31.9 Å². The van der Waals surface area contributed by atoms with E-state index in [9.17, 15) is 29.4 Å². The van der Waals surface area contributed by atoms with E-state index in [0.29, 0.717) is 0 Å². The van der Waals surface area contributed by atoms with Gasteiger partial charge in [-0.15, -0.1) is 0 Å². The maximum Gasteiger partial charge on any atom is 0.320 e. The van der Waals surface area contributed by atoms with E-state index >= 15 is 0 Å². The third-order valence-corrected chi connectivity index (χ3v) is 4.49. The number of nitrogens with two attached hydrogens (primary N) is 3. The number of para-hydroxylation sites is 1. The van der Waals surface area contributed by atoms with Gasteiger partial charge in [0.15, 0.2) is 5.69 Å². The molecule has 1 saturated heterocycles. The number of carbonyl (C=O) groups excluding carboxylic acids is 2. The first kappa shape index (κ1) is 29.7. The molecule has 1 aliphatic heterocycles. The van der Waals surface area contributed by atoms with Crippen LogP contribution in [0.3, 0.4) is 0 Å². The van der Waals surface area contributed by atoms with Crippen LogP contribution in [0.25, 0.3) is 0 Å². The zero-order valence-corrected chi connectivity index (χ0v) is 18.4. The van der Waals surface area contributed by atoms with Crippen molar-refractivity contribution in [2.75, 3.05) is 31.1 Å². The highest BCUT2D eigenvalue weighted by atomic mass is 16.4. The predicted molar refractivity (Wildman–Crippen MR) is 113 cm³/mol. The Balaban J connectivity index is 0.000000474. The number of piperazine rings is 1. The highest BCUT2D eigenvalue weighted by molar-refractivity contribution is 5.74. The highest BCUT2D eigenvalue weighted by Crippen LogP contribution is 2.20. The van der Waals surface area contributed by atoms with E-state index in [0.717, 1.165) is 18.8 Å². The maximum absolute atomic E-state index is 9.97. The zero-order valence-electron chi connectivity index (χ0n) is 18.4. The van der Waals surface area contributed by atoms with Crippen LogP contribution in [0.4, 0.5) is 11.4 Å². The van der Waals surface area contributed by atoms with Crippen LogP contribution >= 0.6 is 0 Å². The fraction of sp³-hybridized carbons (Fsp3) is 0.500. The quantitative estimate of drug-likeness (QED) is 0.198. The Morgan fingerprint density at radius 3 is 1.73 bits per heavy atom. The molecule has 1 heterocycles. The van der Waals surface area contributed by atoms with Gasteiger partial charge in [0.1, 0.15) is 12.1 Å². The minimum atomic E-state index is -1.28. The number of nitrogens with zero attached hydrogens (tertiary/aromatic N) is 1. The molecule has 0 aromatic heterocycles. The molecular weight excluding hydrogens is 438 g/mol. The van der Waals surface area contributed by atoms with E-state index < -0.39 is 36.0 Å². The van der Waals surface area contributed by atoms with Crippen molar-refractivity contribution in [3.05, 3.63) is 24.3 Å². The standard InChI is InChI=1S/C10H15N3.2C5H9NO4/c11-9-3-1-2-4-10(9)13-7-5-12-6-8-13;2*6-3(5(9)10)1-2-4(7)8/h1-4,12H,5-8,11H2;2*3H,1-2,6H2,(H,7,8)(H,9,10). The third-order valence-electron chi connectivity index (χ3n) is 4.49. The molecule has 11 N–H and O–H groups in total. The Bertz CT molecular complexity index is 737. The molecule has 186 valence electrons. The summed E-state index contributed by atoms with van der Waals surface area (Å²) in [4.78, 5) is 41.9. The van der Waals surface area contributed by atoms with Crippen LogP contribution in [0.5, 0.6) is 0 Å². The fourth-order valence-corrected chi connectivity index (χ4v) is 2.60. The monoisotopic (exact) mass is 471 g/mol. The van der Waals surface area contributed by atoms with Gasteiger partial charge in [-0.05, 0) is 31.7 Å². The zero-order chi connectivity index (χ0) is 25.4. The molecule has 0 amide bonds. The molecule has 13 nitrogen and oxygen atoms in total. The minimum Gasteiger partial charge on any atom is -0.550 e. The Morgan fingerprint density at radius 1 is 0.939 bits per heavy atom. The fourth-order valence-electron chi connectivity index (χ4n) is 2.60. The number of aliphatic carboxylic acids is 4. The van der Waals surface area contributed by atoms with E-state index in [1.165, 1.54) is 18.8 Å². The average molecular weight is 472 g/mol. The van der Waals surface area contributed by atoms with Crippen molar-refractivity contribution in [2.24, 2.45) is 11.5 Å². The molecule has 0 bridgehead atoms. The molecule has 0 spiro atoms. The number of quaternary nitrogens is 2. The van der Waals surface area contributed by atoms with Crippen LogP contribution in [0, 0.1) is 0 Å². The Morgan fingerprint density at radius 2 is 1.36 bits per heavy atom. The van der Waals surface area contributed by atoms with Gasteiger partial charge >= 0.3 is 11.9 Å². The summed E-state index contributed by atoms with van der Waals surface area (Å²) in [5, 5.41) is 38.2. The lowest BCUT2D eigenvalue weighted by molar-refractivity contribution is -0.655. The van der Waals surface area contributed by atoms with Crippen molar-refractivity contribution in [1.82, 2.24) is 0 Å². The average Bonchev–Trinajstić information content (AvgIpc) is 2.77. The number of anilines is 1. The Hall–Kier alpha value is -3.26. The molecule has 0 aliphatic carbocycles. The number of carboxylic acids is 4. The topological polar surface area (TPSA) is 254 Å². The van der Waals surface area contributed by atoms with Gasteiger partial charge in [-0.25, -0.2) is 0 Å². The molecule has 1 fully saturated rings. The summed E-state index contributed by atoms with van der Waals surface area (Å²) < 4.78 is 0. The van der Waals surface area contributed by atoms with Crippen molar-refractivity contribution in [3.8, 4) is 0 Å².